The average Bonchev–Trinajstić information content (AvgIpc) is 2.84. The summed E-state index contributed by atoms with van der Waals surface area (Å²) >= 11 is 0. The third-order valence-corrected chi connectivity index (χ3v) is 2.90. The van der Waals surface area contributed by atoms with Gasteiger partial charge in [-0.05, 0) is 0 Å². The topological polar surface area (TPSA) is 99.1 Å². The summed E-state index contributed by atoms with van der Waals surface area (Å²) in [6.45, 7) is -0.0449. The number of hydrogen-bond donors (Lipinski definition) is 2. The van der Waals surface area contributed by atoms with Gasteiger partial charge in [-0.1, -0.05) is 12.2 Å². The van der Waals surface area contributed by atoms with E-state index in [4.69, 9.17) is 15.6 Å². The normalized spacial score (nSPS) is 23.6. The molecule has 0 saturated carbocycles. The first kappa shape index (κ1) is 11.1. The molecule has 1 aliphatic heterocycles. The standard InChI is InChI=1S/C11H13N5O2/c12-10-9-11(14-5-13-10)16(6-15-9)8-3-1-2-7(4-17)18-8/h1-2,5-8,17H,3-4H2,(H2,12,13,14)/t7-,8+/m0/s1. The second kappa shape index (κ2) is 4.35. The summed E-state index contributed by atoms with van der Waals surface area (Å²) in [5, 5.41) is 9.12. The molecule has 0 unspecified atom stereocenters. The van der Waals surface area contributed by atoms with Gasteiger partial charge >= 0.3 is 0 Å². The molecule has 2 atom stereocenters. The molecule has 3 heterocycles. The van der Waals surface area contributed by atoms with Gasteiger partial charge in [-0.3, -0.25) is 4.57 Å². The lowest BCUT2D eigenvalue weighted by Gasteiger charge is -2.25. The van der Waals surface area contributed by atoms with Gasteiger partial charge < -0.3 is 15.6 Å². The van der Waals surface area contributed by atoms with Gasteiger partial charge in [-0.15, -0.1) is 0 Å². The van der Waals surface area contributed by atoms with Crippen LogP contribution in [-0.2, 0) is 4.74 Å². The van der Waals surface area contributed by atoms with Crippen LogP contribution in [0, 0.1) is 0 Å². The van der Waals surface area contributed by atoms with Crippen LogP contribution in [0.2, 0.25) is 0 Å². The van der Waals surface area contributed by atoms with Crippen LogP contribution in [0.3, 0.4) is 0 Å². The van der Waals surface area contributed by atoms with Crippen LogP contribution in [0.4, 0.5) is 5.82 Å². The summed E-state index contributed by atoms with van der Waals surface area (Å²) in [6.07, 6.45) is 7.04. The van der Waals surface area contributed by atoms with E-state index in [0.717, 1.165) is 0 Å². The number of nitrogens with two attached hydrogens (primary N) is 1. The molecule has 0 bridgehead atoms. The third kappa shape index (κ3) is 1.73. The SMILES string of the molecule is Nc1ncnc2c1ncn2[C@H]1CC=C[C@@H](CO)O1. The maximum atomic E-state index is 9.12. The van der Waals surface area contributed by atoms with Crippen LogP contribution in [0.15, 0.2) is 24.8 Å². The van der Waals surface area contributed by atoms with Crippen molar-refractivity contribution >= 4 is 17.0 Å². The number of nitrogen functional groups attached to an aromatic ring is 1. The predicted octanol–water partition coefficient (Wildman–Crippen LogP) is 0.244. The molecule has 94 valence electrons. The molecule has 2 aromatic rings. The number of fused-ring (bicyclic) bond motifs is 1. The predicted molar refractivity (Wildman–Crippen MR) is 64.5 cm³/mol. The van der Waals surface area contributed by atoms with E-state index in [2.05, 4.69) is 15.0 Å². The minimum Gasteiger partial charge on any atom is -0.393 e. The van der Waals surface area contributed by atoms with E-state index in [9.17, 15) is 0 Å². The fraction of sp³-hybridized carbons (Fsp3) is 0.364. The van der Waals surface area contributed by atoms with E-state index >= 15 is 0 Å². The molecule has 7 heteroatoms. The van der Waals surface area contributed by atoms with Crippen LogP contribution in [0.1, 0.15) is 12.6 Å². The van der Waals surface area contributed by atoms with Crippen LogP contribution in [0.5, 0.6) is 0 Å². The average molecular weight is 247 g/mol. The van der Waals surface area contributed by atoms with Gasteiger partial charge in [-0.25, -0.2) is 15.0 Å². The van der Waals surface area contributed by atoms with Crippen molar-refractivity contribution in [1.29, 1.82) is 0 Å². The van der Waals surface area contributed by atoms with Crippen molar-refractivity contribution in [2.45, 2.75) is 18.8 Å². The number of nitrogens with zero attached hydrogens (tertiary/aromatic N) is 4. The highest BCUT2D eigenvalue weighted by atomic mass is 16.5. The van der Waals surface area contributed by atoms with E-state index in [1.54, 1.807) is 10.9 Å². The molecule has 0 saturated heterocycles. The maximum Gasteiger partial charge on any atom is 0.167 e. The first-order valence-electron chi connectivity index (χ1n) is 5.65. The highest BCUT2D eigenvalue weighted by Gasteiger charge is 2.21. The first-order valence-corrected chi connectivity index (χ1v) is 5.65. The molecule has 0 fully saturated rings. The molecule has 0 spiro atoms. The summed E-state index contributed by atoms with van der Waals surface area (Å²) in [5.74, 6) is 0.351. The second-order valence-electron chi connectivity index (χ2n) is 4.06. The largest absolute Gasteiger partial charge is 0.393 e. The number of imidazole rings is 1. The van der Waals surface area contributed by atoms with Crippen LogP contribution in [-0.4, -0.2) is 37.3 Å². The van der Waals surface area contributed by atoms with Crippen molar-refractivity contribution < 1.29 is 9.84 Å². The first-order chi connectivity index (χ1) is 8.79. The van der Waals surface area contributed by atoms with Crippen LogP contribution < -0.4 is 5.73 Å². The molecule has 0 radical (unpaired) electrons. The fourth-order valence-electron chi connectivity index (χ4n) is 2.01. The lowest BCUT2D eigenvalue weighted by Crippen LogP contribution is -2.25. The Morgan fingerprint density at radius 2 is 2.33 bits per heavy atom. The van der Waals surface area contributed by atoms with Crippen molar-refractivity contribution in [2.24, 2.45) is 0 Å². The highest BCUT2D eigenvalue weighted by molar-refractivity contribution is 5.81. The molecule has 3 rings (SSSR count). The maximum absolute atomic E-state index is 9.12. The van der Waals surface area contributed by atoms with E-state index in [1.165, 1.54) is 6.33 Å². The second-order valence-corrected chi connectivity index (χ2v) is 4.06. The number of aliphatic hydroxyl groups is 1. The Morgan fingerprint density at radius 1 is 1.44 bits per heavy atom. The molecular formula is C11H13N5O2. The van der Waals surface area contributed by atoms with E-state index < -0.39 is 0 Å². The Balaban J connectivity index is 2.00. The lowest BCUT2D eigenvalue weighted by atomic mass is 10.2. The highest BCUT2D eigenvalue weighted by Crippen LogP contribution is 2.25. The van der Waals surface area contributed by atoms with Gasteiger partial charge in [-0.2, -0.15) is 0 Å². The molecule has 3 N–H and O–H groups in total. The number of rotatable bonds is 2. The third-order valence-electron chi connectivity index (χ3n) is 2.90. The fourth-order valence-corrected chi connectivity index (χ4v) is 2.01. The summed E-state index contributed by atoms with van der Waals surface area (Å²) < 4.78 is 7.52. The molecule has 0 aliphatic carbocycles. The Kier molecular flexibility index (Phi) is 2.69. The molecule has 0 amide bonds. The summed E-state index contributed by atoms with van der Waals surface area (Å²) in [7, 11) is 0. The number of ether oxygens (including phenoxy) is 1. The Morgan fingerprint density at radius 3 is 3.17 bits per heavy atom. The van der Waals surface area contributed by atoms with Crippen molar-refractivity contribution in [1.82, 2.24) is 19.5 Å². The van der Waals surface area contributed by atoms with Crippen LogP contribution >= 0.6 is 0 Å². The number of hydrogen-bond acceptors (Lipinski definition) is 6. The van der Waals surface area contributed by atoms with E-state index in [1.807, 2.05) is 12.2 Å². The quantitative estimate of drug-likeness (QED) is 0.738. The summed E-state index contributed by atoms with van der Waals surface area (Å²) in [5.41, 5.74) is 6.94. The van der Waals surface area contributed by atoms with E-state index in [0.29, 0.717) is 23.4 Å². The van der Waals surface area contributed by atoms with Gasteiger partial charge in [0, 0.05) is 6.42 Å². The molecule has 18 heavy (non-hydrogen) atoms. The molecule has 0 aromatic carbocycles. The van der Waals surface area contributed by atoms with Crippen molar-refractivity contribution in [2.75, 3.05) is 12.3 Å². The monoisotopic (exact) mass is 247 g/mol. The molecule has 2 aromatic heterocycles. The van der Waals surface area contributed by atoms with E-state index in [-0.39, 0.29) is 18.9 Å². The zero-order chi connectivity index (χ0) is 12.5. The minimum absolute atomic E-state index is 0.0449. The Hall–Kier alpha value is -1.99. The lowest BCUT2D eigenvalue weighted by molar-refractivity contribution is -0.0568. The number of anilines is 1. The van der Waals surface area contributed by atoms with Crippen LogP contribution in [0.25, 0.3) is 11.2 Å². The Bertz CT molecular complexity index is 594. The molecule has 1 aliphatic rings. The Labute approximate surface area is 103 Å². The molecule has 7 nitrogen and oxygen atoms in total. The van der Waals surface area contributed by atoms with Crippen molar-refractivity contribution in [3.05, 3.63) is 24.8 Å². The van der Waals surface area contributed by atoms with Gasteiger partial charge in [0.25, 0.3) is 0 Å². The summed E-state index contributed by atoms with van der Waals surface area (Å²) in [4.78, 5) is 12.3. The molecular weight excluding hydrogens is 234 g/mol. The smallest absolute Gasteiger partial charge is 0.167 e. The number of aliphatic hydroxyl groups excluding tert-OH is 1. The zero-order valence-electron chi connectivity index (χ0n) is 9.60. The summed E-state index contributed by atoms with van der Waals surface area (Å²) in [6, 6.07) is 0. The van der Waals surface area contributed by atoms with Gasteiger partial charge in [0.2, 0.25) is 0 Å². The van der Waals surface area contributed by atoms with Gasteiger partial charge in [0.1, 0.15) is 24.2 Å². The van der Waals surface area contributed by atoms with Crippen molar-refractivity contribution in [3.8, 4) is 0 Å². The van der Waals surface area contributed by atoms with Crippen molar-refractivity contribution in [3.63, 3.8) is 0 Å². The minimum atomic E-state index is -0.291. The zero-order valence-corrected chi connectivity index (χ0v) is 9.60. The number of aromatic nitrogens is 4. The van der Waals surface area contributed by atoms with Gasteiger partial charge in [0.15, 0.2) is 11.5 Å². The van der Waals surface area contributed by atoms with Gasteiger partial charge in [0.05, 0.1) is 12.9 Å².